The van der Waals surface area contributed by atoms with Gasteiger partial charge in [-0.2, -0.15) is 0 Å². The number of aliphatic carboxylic acids is 1. The van der Waals surface area contributed by atoms with Crippen LogP contribution in [0.15, 0.2) is 30.3 Å². The molecule has 0 aliphatic rings. The topological polar surface area (TPSA) is 63.3 Å². The fourth-order valence-electron chi connectivity index (χ4n) is 1.64. The van der Waals surface area contributed by atoms with E-state index in [1.54, 1.807) is 0 Å². The average Bonchev–Trinajstić information content (AvgIpc) is 2.26. The summed E-state index contributed by atoms with van der Waals surface area (Å²) in [6.45, 7) is 1.97. The van der Waals surface area contributed by atoms with Crippen molar-refractivity contribution in [2.24, 2.45) is 11.7 Å². The lowest BCUT2D eigenvalue weighted by Gasteiger charge is -2.18. The van der Waals surface area contributed by atoms with Crippen molar-refractivity contribution in [3.05, 3.63) is 35.9 Å². The summed E-state index contributed by atoms with van der Waals surface area (Å²) >= 11 is 0. The van der Waals surface area contributed by atoms with Crippen LogP contribution in [0.3, 0.4) is 0 Å². The van der Waals surface area contributed by atoms with E-state index in [0.717, 1.165) is 18.4 Å². The number of hydrogen-bond donors (Lipinski definition) is 2. The summed E-state index contributed by atoms with van der Waals surface area (Å²) in [5.74, 6) is -0.914. The molecule has 3 heteroatoms. The van der Waals surface area contributed by atoms with Crippen LogP contribution >= 0.6 is 0 Å². The molecule has 0 bridgehead atoms. The quantitative estimate of drug-likeness (QED) is 0.772. The van der Waals surface area contributed by atoms with Crippen molar-refractivity contribution in [2.75, 3.05) is 0 Å². The number of carbonyl (C=O) groups is 1. The smallest absolute Gasteiger partial charge is 0.320 e. The van der Waals surface area contributed by atoms with Gasteiger partial charge in [-0.1, -0.05) is 43.7 Å². The van der Waals surface area contributed by atoms with Gasteiger partial charge in [0.1, 0.15) is 6.04 Å². The second-order valence-electron chi connectivity index (χ2n) is 3.72. The van der Waals surface area contributed by atoms with Gasteiger partial charge < -0.3 is 10.8 Å². The molecule has 0 unspecified atom stereocenters. The van der Waals surface area contributed by atoms with Gasteiger partial charge in [0.05, 0.1) is 0 Å². The second-order valence-corrected chi connectivity index (χ2v) is 3.72. The molecule has 15 heavy (non-hydrogen) atoms. The van der Waals surface area contributed by atoms with Gasteiger partial charge in [-0.15, -0.1) is 0 Å². The molecule has 0 radical (unpaired) electrons. The molecule has 0 aliphatic heterocycles. The van der Waals surface area contributed by atoms with Gasteiger partial charge in [0.15, 0.2) is 0 Å². The van der Waals surface area contributed by atoms with Crippen LogP contribution in [0, 0.1) is 5.92 Å². The highest BCUT2D eigenvalue weighted by Gasteiger charge is 2.22. The summed E-state index contributed by atoms with van der Waals surface area (Å²) < 4.78 is 0. The lowest BCUT2D eigenvalue weighted by molar-refractivity contribution is -0.139. The summed E-state index contributed by atoms with van der Waals surface area (Å²) in [5.41, 5.74) is 6.76. The first-order valence-corrected chi connectivity index (χ1v) is 5.17. The molecule has 1 aromatic rings. The Bertz CT molecular complexity index is 311. The maximum absolute atomic E-state index is 10.8. The van der Waals surface area contributed by atoms with Gasteiger partial charge in [-0.25, -0.2) is 0 Å². The highest BCUT2D eigenvalue weighted by Crippen LogP contribution is 2.15. The average molecular weight is 207 g/mol. The Morgan fingerprint density at radius 1 is 1.40 bits per heavy atom. The number of hydrogen-bond acceptors (Lipinski definition) is 2. The van der Waals surface area contributed by atoms with Crippen molar-refractivity contribution in [2.45, 2.75) is 25.8 Å². The molecule has 0 spiro atoms. The van der Waals surface area contributed by atoms with Crippen molar-refractivity contribution in [3.8, 4) is 0 Å². The molecule has 0 aliphatic carbocycles. The van der Waals surface area contributed by atoms with Crippen molar-refractivity contribution in [3.63, 3.8) is 0 Å². The number of rotatable bonds is 5. The van der Waals surface area contributed by atoms with Crippen molar-refractivity contribution in [1.29, 1.82) is 0 Å². The predicted molar refractivity (Wildman–Crippen MR) is 59.5 cm³/mol. The molecule has 0 saturated carbocycles. The molecule has 82 valence electrons. The highest BCUT2D eigenvalue weighted by atomic mass is 16.4. The van der Waals surface area contributed by atoms with Crippen LogP contribution < -0.4 is 5.73 Å². The number of carboxylic acids is 1. The number of benzene rings is 1. The van der Waals surface area contributed by atoms with Gasteiger partial charge in [-0.3, -0.25) is 4.79 Å². The third-order valence-electron chi connectivity index (χ3n) is 2.66. The first kappa shape index (κ1) is 11.7. The number of nitrogens with two attached hydrogens (primary N) is 1. The van der Waals surface area contributed by atoms with Crippen LogP contribution in [-0.4, -0.2) is 17.1 Å². The Kier molecular flexibility index (Phi) is 4.31. The molecule has 2 atom stereocenters. The van der Waals surface area contributed by atoms with Gasteiger partial charge in [0.2, 0.25) is 0 Å². The maximum atomic E-state index is 10.8. The maximum Gasteiger partial charge on any atom is 0.320 e. The predicted octanol–water partition coefficient (Wildman–Crippen LogP) is 1.67. The Balaban J connectivity index is 2.66. The zero-order valence-electron chi connectivity index (χ0n) is 8.89. The Hall–Kier alpha value is -1.35. The summed E-state index contributed by atoms with van der Waals surface area (Å²) in [4.78, 5) is 10.8. The number of carboxylic acid groups (broad SMARTS) is 1. The van der Waals surface area contributed by atoms with E-state index < -0.39 is 12.0 Å². The lowest BCUT2D eigenvalue weighted by Crippen LogP contribution is -2.38. The normalized spacial score (nSPS) is 14.5. The summed E-state index contributed by atoms with van der Waals surface area (Å²) in [6, 6.07) is 9.08. The van der Waals surface area contributed by atoms with Crippen molar-refractivity contribution in [1.82, 2.24) is 0 Å². The first-order chi connectivity index (χ1) is 7.15. The molecule has 1 aromatic carbocycles. The molecular formula is C12H17NO2. The SMILES string of the molecule is CC[C@H](Cc1ccccc1)[C@H](N)C(=O)O. The van der Waals surface area contributed by atoms with Gasteiger partial charge in [-0.05, 0) is 17.9 Å². The molecule has 0 saturated heterocycles. The summed E-state index contributed by atoms with van der Waals surface area (Å²) in [5, 5.41) is 8.84. The molecule has 0 fully saturated rings. The monoisotopic (exact) mass is 207 g/mol. The summed E-state index contributed by atoms with van der Waals surface area (Å²) in [7, 11) is 0. The Morgan fingerprint density at radius 2 is 2.00 bits per heavy atom. The Morgan fingerprint density at radius 3 is 2.47 bits per heavy atom. The van der Waals surface area contributed by atoms with Crippen LogP contribution in [0.5, 0.6) is 0 Å². The zero-order valence-corrected chi connectivity index (χ0v) is 8.89. The molecule has 0 heterocycles. The van der Waals surface area contributed by atoms with Crippen LogP contribution in [0.25, 0.3) is 0 Å². The zero-order chi connectivity index (χ0) is 11.3. The minimum atomic E-state index is -0.919. The van der Waals surface area contributed by atoms with Crippen molar-refractivity contribution < 1.29 is 9.90 Å². The van der Waals surface area contributed by atoms with E-state index >= 15 is 0 Å². The standard InChI is InChI=1S/C12H17NO2/c1-2-10(11(13)12(14)15)8-9-6-4-3-5-7-9/h3-7,10-11H,2,8,13H2,1H3,(H,14,15)/t10-,11+/m1/s1. The minimum Gasteiger partial charge on any atom is -0.480 e. The molecule has 3 N–H and O–H groups in total. The van der Waals surface area contributed by atoms with E-state index in [9.17, 15) is 4.79 Å². The van der Waals surface area contributed by atoms with Gasteiger partial charge >= 0.3 is 5.97 Å². The molecule has 0 amide bonds. The third kappa shape index (κ3) is 3.36. The second kappa shape index (κ2) is 5.51. The van der Waals surface area contributed by atoms with E-state index in [2.05, 4.69) is 0 Å². The van der Waals surface area contributed by atoms with Crippen LogP contribution in [-0.2, 0) is 11.2 Å². The first-order valence-electron chi connectivity index (χ1n) is 5.17. The molecular weight excluding hydrogens is 190 g/mol. The fourth-order valence-corrected chi connectivity index (χ4v) is 1.64. The van der Waals surface area contributed by atoms with Crippen LogP contribution in [0.1, 0.15) is 18.9 Å². The molecule has 0 aromatic heterocycles. The van der Waals surface area contributed by atoms with Crippen molar-refractivity contribution >= 4 is 5.97 Å². The Labute approximate surface area is 89.9 Å². The molecule has 3 nitrogen and oxygen atoms in total. The minimum absolute atomic E-state index is 0.00454. The summed E-state index contributed by atoms with van der Waals surface area (Å²) in [6.07, 6.45) is 1.51. The largest absolute Gasteiger partial charge is 0.480 e. The van der Waals surface area contributed by atoms with Gasteiger partial charge in [0.25, 0.3) is 0 Å². The fraction of sp³-hybridized carbons (Fsp3) is 0.417. The van der Waals surface area contributed by atoms with E-state index in [0.29, 0.717) is 0 Å². The van der Waals surface area contributed by atoms with Crippen LogP contribution in [0.4, 0.5) is 0 Å². The molecule has 1 rings (SSSR count). The third-order valence-corrected chi connectivity index (χ3v) is 2.66. The van der Waals surface area contributed by atoms with Gasteiger partial charge in [0, 0.05) is 0 Å². The van der Waals surface area contributed by atoms with Crippen LogP contribution in [0.2, 0.25) is 0 Å². The van der Waals surface area contributed by atoms with E-state index in [-0.39, 0.29) is 5.92 Å². The van der Waals surface area contributed by atoms with E-state index in [1.165, 1.54) is 0 Å². The van der Waals surface area contributed by atoms with E-state index in [4.69, 9.17) is 10.8 Å². The highest BCUT2D eigenvalue weighted by molar-refractivity contribution is 5.73. The van der Waals surface area contributed by atoms with E-state index in [1.807, 2.05) is 37.3 Å². The lowest BCUT2D eigenvalue weighted by atomic mass is 9.90.